The number of nitrogens with zero attached hydrogens (tertiary/aromatic N) is 2. The number of aromatic nitrogens is 2. The van der Waals surface area contributed by atoms with E-state index in [0.717, 1.165) is 33.9 Å². The van der Waals surface area contributed by atoms with E-state index in [1.54, 1.807) is 0 Å². The van der Waals surface area contributed by atoms with Crippen molar-refractivity contribution >= 4 is 32.9 Å². The lowest BCUT2D eigenvalue weighted by Crippen LogP contribution is -2.10. The second-order valence-electron chi connectivity index (χ2n) is 5.50. The number of fused-ring (bicyclic) bond motifs is 1. The van der Waals surface area contributed by atoms with Crippen LogP contribution < -0.4 is 5.73 Å². The van der Waals surface area contributed by atoms with Crippen LogP contribution in [0.25, 0.3) is 11.0 Å². The van der Waals surface area contributed by atoms with E-state index in [1.165, 1.54) is 19.3 Å². The van der Waals surface area contributed by atoms with Crippen LogP contribution in [0.1, 0.15) is 26.2 Å². The van der Waals surface area contributed by atoms with E-state index in [-0.39, 0.29) is 0 Å². The number of benzene rings is 1. The molecule has 2 N–H and O–H groups in total. The van der Waals surface area contributed by atoms with Crippen molar-refractivity contribution in [3.63, 3.8) is 0 Å². The Labute approximate surface area is 116 Å². The van der Waals surface area contributed by atoms with E-state index in [9.17, 15) is 0 Å². The Morgan fingerprint density at radius 1 is 1.44 bits per heavy atom. The zero-order valence-electron chi connectivity index (χ0n) is 10.6. The number of halogens is 1. The molecule has 1 saturated carbocycles. The summed E-state index contributed by atoms with van der Waals surface area (Å²) < 4.78 is 3.22. The highest BCUT2D eigenvalue weighted by Gasteiger charge is 2.23. The molecule has 4 heteroatoms. The Hall–Kier alpha value is -1.03. The van der Waals surface area contributed by atoms with Crippen LogP contribution in [0.15, 0.2) is 22.7 Å². The molecule has 1 heterocycles. The molecular weight excluding hydrogens is 290 g/mol. The Kier molecular flexibility index (Phi) is 3.06. The Bertz CT molecular complexity index is 576. The molecule has 1 fully saturated rings. The second kappa shape index (κ2) is 4.57. The number of nitrogens with two attached hydrogens (primary N) is 1. The van der Waals surface area contributed by atoms with Crippen LogP contribution in [0.5, 0.6) is 0 Å². The van der Waals surface area contributed by atoms with E-state index in [1.807, 2.05) is 6.07 Å². The van der Waals surface area contributed by atoms with Gasteiger partial charge in [0.2, 0.25) is 5.95 Å². The maximum Gasteiger partial charge on any atom is 0.201 e. The molecular formula is C14H18BrN3. The first-order chi connectivity index (χ1) is 8.63. The summed E-state index contributed by atoms with van der Waals surface area (Å²) in [4.78, 5) is 4.45. The Morgan fingerprint density at radius 3 is 3.00 bits per heavy atom. The average Bonchev–Trinajstić information content (AvgIpc) is 2.84. The molecule has 1 aliphatic rings. The molecule has 0 amide bonds. The van der Waals surface area contributed by atoms with Gasteiger partial charge in [0.1, 0.15) is 0 Å². The molecule has 3 nitrogen and oxygen atoms in total. The van der Waals surface area contributed by atoms with Gasteiger partial charge < -0.3 is 10.3 Å². The summed E-state index contributed by atoms with van der Waals surface area (Å²) in [5.74, 6) is 2.26. The number of hydrogen-bond donors (Lipinski definition) is 1. The molecule has 2 aromatic rings. The highest BCUT2D eigenvalue weighted by molar-refractivity contribution is 9.10. The van der Waals surface area contributed by atoms with Gasteiger partial charge in [0.25, 0.3) is 0 Å². The third-order valence-corrected chi connectivity index (χ3v) is 4.48. The summed E-state index contributed by atoms with van der Waals surface area (Å²) in [6, 6.07) is 6.18. The van der Waals surface area contributed by atoms with Crippen LogP contribution in [0, 0.1) is 11.8 Å². The van der Waals surface area contributed by atoms with Crippen molar-refractivity contribution in [3.05, 3.63) is 22.7 Å². The largest absolute Gasteiger partial charge is 0.369 e. The Balaban J connectivity index is 1.93. The van der Waals surface area contributed by atoms with Gasteiger partial charge in [0.15, 0.2) is 0 Å². The molecule has 2 unspecified atom stereocenters. The SMILES string of the molecule is CC1CCC(Cn2c(N)nc3cc(Br)ccc32)C1. The molecule has 0 radical (unpaired) electrons. The third kappa shape index (κ3) is 2.14. The molecule has 0 spiro atoms. The van der Waals surface area contributed by atoms with Crippen molar-refractivity contribution in [2.75, 3.05) is 5.73 Å². The van der Waals surface area contributed by atoms with Gasteiger partial charge >= 0.3 is 0 Å². The normalized spacial score (nSPS) is 23.9. The maximum absolute atomic E-state index is 6.05. The van der Waals surface area contributed by atoms with Gasteiger partial charge in [-0.3, -0.25) is 0 Å². The van der Waals surface area contributed by atoms with Gasteiger partial charge in [-0.15, -0.1) is 0 Å². The predicted molar refractivity (Wildman–Crippen MR) is 78.4 cm³/mol. The van der Waals surface area contributed by atoms with E-state index in [2.05, 4.69) is 44.5 Å². The summed E-state index contributed by atoms with van der Waals surface area (Å²) in [5.41, 5.74) is 8.18. The molecule has 1 aromatic carbocycles. The van der Waals surface area contributed by atoms with Crippen LogP contribution in [0.2, 0.25) is 0 Å². The molecule has 2 atom stereocenters. The maximum atomic E-state index is 6.05. The molecule has 3 rings (SSSR count). The minimum Gasteiger partial charge on any atom is -0.369 e. The lowest BCUT2D eigenvalue weighted by Gasteiger charge is -2.12. The van der Waals surface area contributed by atoms with Gasteiger partial charge in [-0.25, -0.2) is 4.98 Å². The Morgan fingerprint density at radius 2 is 2.28 bits per heavy atom. The lowest BCUT2D eigenvalue weighted by molar-refractivity contribution is 0.450. The van der Waals surface area contributed by atoms with Crippen molar-refractivity contribution in [1.29, 1.82) is 0 Å². The van der Waals surface area contributed by atoms with Crippen molar-refractivity contribution < 1.29 is 0 Å². The van der Waals surface area contributed by atoms with E-state index >= 15 is 0 Å². The fourth-order valence-electron chi connectivity index (χ4n) is 3.06. The first-order valence-corrected chi connectivity index (χ1v) is 7.34. The van der Waals surface area contributed by atoms with Crippen LogP contribution in [0.3, 0.4) is 0 Å². The van der Waals surface area contributed by atoms with Crippen LogP contribution in [-0.4, -0.2) is 9.55 Å². The predicted octanol–water partition coefficient (Wildman–Crippen LogP) is 3.82. The van der Waals surface area contributed by atoms with Crippen molar-refractivity contribution in [3.8, 4) is 0 Å². The van der Waals surface area contributed by atoms with Crippen molar-refractivity contribution in [2.45, 2.75) is 32.7 Å². The standard InChI is InChI=1S/C14H18BrN3/c1-9-2-3-10(6-9)8-18-13-5-4-11(15)7-12(13)17-14(18)16/h4-5,7,9-10H,2-3,6,8H2,1H3,(H2,16,17). The molecule has 0 aliphatic heterocycles. The number of rotatable bonds is 2. The number of nitrogen functional groups attached to an aromatic ring is 1. The minimum absolute atomic E-state index is 0.641. The molecule has 1 aromatic heterocycles. The monoisotopic (exact) mass is 307 g/mol. The van der Waals surface area contributed by atoms with Crippen LogP contribution in [-0.2, 0) is 6.54 Å². The first kappa shape index (κ1) is 12.0. The number of anilines is 1. The average molecular weight is 308 g/mol. The summed E-state index contributed by atoms with van der Waals surface area (Å²) in [6.07, 6.45) is 3.98. The van der Waals surface area contributed by atoms with E-state index < -0.39 is 0 Å². The van der Waals surface area contributed by atoms with Crippen LogP contribution >= 0.6 is 15.9 Å². The van der Waals surface area contributed by atoms with Gasteiger partial charge in [-0.05, 0) is 42.9 Å². The molecule has 18 heavy (non-hydrogen) atoms. The van der Waals surface area contributed by atoms with Crippen molar-refractivity contribution in [2.24, 2.45) is 11.8 Å². The smallest absolute Gasteiger partial charge is 0.201 e. The van der Waals surface area contributed by atoms with Crippen LogP contribution in [0.4, 0.5) is 5.95 Å². The summed E-state index contributed by atoms with van der Waals surface area (Å²) in [7, 11) is 0. The molecule has 96 valence electrons. The molecule has 0 saturated heterocycles. The first-order valence-electron chi connectivity index (χ1n) is 6.54. The molecule has 0 bridgehead atoms. The third-order valence-electron chi connectivity index (χ3n) is 3.98. The lowest BCUT2D eigenvalue weighted by atomic mass is 10.1. The topological polar surface area (TPSA) is 43.8 Å². The quantitative estimate of drug-likeness (QED) is 0.916. The fraction of sp³-hybridized carbons (Fsp3) is 0.500. The van der Waals surface area contributed by atoms with E-state index in [0.29, 0.717) is 5.95 Å². The van der Waals surface area contributed by atoms with Gasteiger partial charge in [-0.1, -0.05) is 29.3 Å². The van der Waals surface area contributed by atoms with Gasteiger partial charge in [0, 0.05) is 11.0 Å². The molecule has 1 aliphatic carbocycles. The highest BCUT2D eigenvalue weighted by Crippen LogP contribution is 2.33. The zero-order chi connectivity index (χ0) is 12.7. The summed E-state index contributed by atoms with van der Waals surface area (Å²) in [5, 5.41) is 0. The summed E-state index contributed by atoms with van der Waals surface area (Å²) in [6.45, 7) is 3.35. The zero-order valence-corrected chi connectivity index (χ0v) is 12.2. The van der Waals surface area contributed by atoms with Gasteiger partial charge in [0.05, 0.1) is 11.0 Å². The van der Waals surface area contributed by atoms with Gasteiger partial charge in [-0.2, -0.15) is 0 Å². The second-order valence-corrected chi connectivity index (χ2v) is 6.41. The summed E-state index contributed by atoms with van der Waals surface area (Å²) >= 11 is 3.47. The van der Waals surface area contributed by atoms with Crippen molar-refractivity contribution in [1.82, 2.24) is 9.55 Å². The number of imidazole rings is 1. The highest BCUT2D eigenvalue weighted by atomic mass is 79.9. The van der Waals surface area contributed by atoms with E-state index in [4.69, 9.17) is 5.73 Å². The fourth-order valence-corrected chi connectivity index (χ4v) is 3.41. The number of hydrogen-bond acceptors (Lipinski definition) is 2. The minimum atomic E-state index is 0.641.